The molecule has 0 aliphatic carbocycles. The summed E-state index contributed by atoms with van der Waals surface area (Å²) in [7, 11) is 1.85. The molecule has 1 atom stereocenters. The van der Waals surface area contributed by atoms with Crippen molar-refractivity contribution < 1.29 is 5.11 Å². The number of benzene rings is 1. The molecule has 0 fully saturated rings. The van der Waals surface area contributed by atoms with Crippen LogP contribution in [0.4, 0.5) is 0 Å². The van der Waals surface area contributed by atoms with E-state index in [1.165, 1.54) is 0 Å². The number of aliphatic hydroxyl groups excluding tert-OH is 1. The topological polar surface area (TPSA) is 64.1 Å². The van der Waals surface area contributed by atoms with Crippen LogP contribution in [0.5, 0.6) is 0 Å². The van der Waals surface area contributed by atoms with E-state index in [1.54, 1.807) is 4.68 Å². The maximum absolute atomic E-state index is 9.78. The first kappa shape index (κ1) is 10.6. The largest absolute Gasteiger partial charge is 0.387 e. The minimum absolute atomic E-state index is 0.210. The molecule has 1 heterocycles. The fourth-order valence-corrected chi connectivity index (χ4v) is 2.28. The van der Waals surface area contributed by atoms with Gasteiger partial charge in [0.15, 0.2) is 0 Å². The number of fused-ring (bicyclic) bond motifs is 1. The van der Waals surface area contributed by atoms with Crippen LogP contribution in [0.3, 0.4) is 0 Å². The lowest BCUT2D eigenvalue weighted by molar-refractivity contribution is 0.188. The van der Waals surface area contributed by atoms with E-state index in [9.17, 15) is 5.11 Å². The van der Waals surface area contributed by atoms with Crippen LogP contribution < -0.4 is 5.73 Å². The molecule has 1 aromatic heterocycles. The third-order valence-corrected chi connectivity index (χ3v) is 3.02. The van der Waals surface area contributed by atoms with E-state index in [-0.39, 0.29) is 6.54 Å². The highest BCUT2D eigenvalue weighted by Gasteiger charge is 2.14. The average Bonchev–Trinajstić information content (AvgIpc) is 2.54. The number of aromatic nitrogens is 2. The predicted molar refractivity (Wildman–Crippen MR) is 62.4 cm³/mol. The molecular weight excluding hydrogens is 258 g/mol. The molecule has 0 aliphatic rings. The highest BCUT2D eigenvalue weighted by atomic mass is 79.9. The second kappa shape index (κ2) is 3.92. The number of aliphatic hydroxyl groups is 1. The molecule has 0 saturated heterocycles. The fraction of sp³-hybridized carbons (Fsp3) is 0.300. The standard InChI is InChI=1S/C10H12BrN3O/c1-14-9-6(8(15)5-12)3-2-4-7(9)10(11)13-14/h2-4,8,15H,5,12H2,1H3. The summed E-state index contributed by atoms with van der Waals surface area (Å²) in [4.78, 5) is 0. The van der Waals surface area contributed by atoms with Crippen molar-refractivity contribution in [2.45, 2.75) is 6.10 Å². The van der Waals surface area contributed by atoms with Crippen LogP contribution in [0.2, 0.25) is 0 Å². The van der Waals surface area contributed by atoms with Crippen LogP contribution in [0, 0.1) is 0 Å². The monoisotopic (exact) mass is 269 g/mol. The van der Waals surface area contributed by atoms with E-state index in [4.69, 9.17) is 5.73 Å². The van der Waals surface area contributed by atoms with Crippen LogP contribution in [0.25, 0.3) is 10.9 Å². The Kier molecular flexibility index (Phi) is 2.77. The van der Waals surface area contributed by atoms with Gasteiger partial charge in [-0.05, 0) is 15.9 Å². The SMILES string of the molecule is Cn1nc(Br)c2cccc(C(O)CN)c21. The van der Waals surface area contributed by atoms with Gasteiger partial charge in [0.2, 0.25) is 0 Å². The quantitative estimate of drug-likeness (QED) is 0.865. The van der Waals surface area contributed by atoms with Crippen LogP contribution in [-0.2, 0) is 7.05 Å². The Morgan fingerprint density at radius 1 is 1.60 bits per heavy atom. The maximum atomic E-state index is 9.78. The summed E-state index contributed by atoms with van der Waals surface area (Å²) in [6.07, 6.45) is -0.643. The number of nitrogens with two attached hydrogens (primary N) is 1. The van der Waals surface area contributed by atoms with Crippen LogP contribution in [0.15, 0.2) is 22.8 Å². The van der Waals surface area contributed by atoms with Crippen molar-refractivity contribution in [2.24, 2.45) is 12.8 Å². The summed E-state index contributed by atoms with van der Waals surface area (Å²) in [6.45, 7) is 0.210. The first-order chi connectivity index (χ1) is 7.15. The third-order valence-electron chi connectivity index (χ3n) is 2.43. The normalized spacial score (nSPS) is 13.3. The van der Waals surface area contributed by atoms with Crippen molar-refractivity contribution in [3.63, 3.8) is 0 Å². The molecule has 0 amide bonds. The number of para-hydroxylation sites is 1. The zero-order chi connectivity index (χ0) is 11.0. The average molecular weight is 270 g/mol. The minimum atomic E-state index is -0.643. The second-order valence-corrected chi connectivity index (χ2v) is 4.16. The molecule has 4 nitrogen and oxygen atoms in total. The van der Waals surface area contributed by atoms with Crippen LogP contribution >= 0.6 is 15.9 Å². The zero-order valence-corrected chi connectivity index (χ0v) is 9.90. The van der Waals surface area contributed by atoms with Gasteiger partial charge in [-0.15, -0.1) is 0 Å². The van der Waals surface area contributed by atoms with Gasteiger partial charge in [-0.1, -0.05) is 18.2 Å². The number of aryl methyl sites for hydroxylation is 1. The molecule has 2 aromatic rings. The van der Waals surface area contributed by atoms with Crippen molar-refractivity contribution in [2.75, 3.05) is 6.54 Å². The summed E-state index contributed by atoms with van der Waals surface area (Å²) in [5, 5.41) is 15.0. The van der Waals surface area contributed by atoms with Crippen molar-refractivity contribution in [3.05, 3.63) is 28.4 Å². The molecule has 5 heteroatoms. The molecule has 0 bridgehead atoms. The van der Waals surface area contributed by atoms with Gasteiger partial charge in [-0.2, -0.15) is 5.10 Å². The molecule has 1 unspecified atom stereocenters. The van der Waals surface area contributed by atoms with E-state index >= 15 is 0 Å². The van der Waals surface area contributed by atoms with Crippen molar-refractivity contribution >= 4 is 26.8 Å². The summed E-state index contributed by atoms with van der Waals surface area (Å²) in [5.74, 6) is 0. The number of hydrogen-bond donors (Lipinski definition) is 2. The molecule has 15 heavy (non-hydrogen) atoms. The highest BCUT2D eigenvalue weighted by Crippen LogP contribution is 2.28. The lowest BCUT2D eigenvalue weighted by atomic mass is 10.1. The Bertz CT molecular complexity index is 495. The maximum Gasteiger partial charge on any atom is 0.135 e. The minimum Gasteiger partial charge on any atom is -0.387 e. The zero-order valence-electron chi connectivity index (χ0n) is 8.31. The lowest BCUT2D eigenvalue weighted by Crippen LogP contribution is -2.12. The molecule has 0 saturated carbocycles. The first-order valence-electron chi connectivity index (χ1n) is 4.64. The molecule has 2 rings (SSSR count). The van der Waals surface area contributed by atoms with Gasteiger partial charge in [0.25, 0.3) is 0 Å². The number of rotatable bonds is 2. The van der Waals surface area contributed by atoms with E-state index in [0.29, 0.717) is 0 Å². The Labute approximate surface area is 95.8 Å². The Hall–Kier alpha value is -0.910. The van der Waals surface area contributed by atoms with Crippen LogP contribution in [-0.4, -0.2) is 21.4 Å². The Morgan fingerprint density at radius 2 is 2.33 bits per heavy atom. The second-order valence-electron chi connectivity index (χ2n) is 3.41. The van der Waals surface area contributed by atoms with Gasteiger partial charge in [-0.3, -0.25) is 4.68 Å². The Balaban J connectivity index is 2.75. The lowest BCUT2D eigenvalue weighted by Gasteiger charge is -2.10. The van der Waals surface area contributed by atoms with Gasteiger partial charge in [-0.25, -0.2) is 0 Å². The smallest absolute Gasteiger partial charge is 0.135 e. The number of nitrogens with zero attached hydrogens (tertiary/aromatic N) is 2. The first-order valence-corrected chi connectivity index (χ1v) is 5.43. The predicted octanol–water partition coefficient (Wildman–Crippen LogP) is 1.33. The molecule has 0 aliphatic heterocycles. The van der Waals surface area contributed by atoms with Crippen molar-refractivity contribution in [1.82, 2.24) is 9.78 Å². The van der Waals surface area contributed by atoms with E-state index in [2.05, 4.69) is 21.0 Å². The third kappa shape index (κ3) is 1.67. The molecule has 3 N–H and O–H groups in total. The summed E-state index contributed by atoms with van der Waals surface area (Å²) in [6, 6.07) is 5.72. The number of halogens is 1. The van der Waals surface area contributed by atoms with Gasteiger partial charge >= 0.3 is 0 Å². The number of hydrogen-bond acceptors (Lipinski definition) is 3. The van der Waals surface area contributed by atoms with Gasteiger partial charge < -0.3 is 10.8 Å². The van der Waals surface area contributed by atoms with E-state index in [0.717, 1.165) is 21.1 Å². The summed E-state index contributed by atoms with van der Waals surface area (Å²) >= 11 is 3.38. The summed E-state index contributed by atoms with van der Waals surface area (Å²) < 4.78 is 2.53. The molecule has 0 radical (unpaired) electrons. The van der Waals surface area contributed by atoms with Crippen LogP contribution in [0.1, 0.15) is 11.7 Å². The molecule has 0 spiro atoms. The highest BCUT2D eigenvalue weighted by molar-refractivity contribution is 9.10. The van der Waals surface area contributed by atoms with Gasteiger partial charge in [0.1, 0.15) is 4.60 Å². The van der Waals surface area contributed by atoms with Crippen molar-refractivity contribution in [3.8, 4) is 0 Å². The molecule has 80 valence electrons. The van der Waals surface area contributed by atoms with Gasteiger partial charge in [0, 0.05) is 24.5 Å². The molecule has 1 aromatic carbocycles. The fourth-order valence-electron chi connectivity index (χ4n) is 1.72. The molecular formula is C10H12BrN3O. The van der Waals surface area contributed by atoms with E-state index < -0.39 is 6.10 Å². The van der Waals surface area contributed by atoms with Gasteiger partial charge in [0.05, 0.1) is 11.6 Å². The van der Waals surface area contributed by atoms with Crippen molar-refractivity contribution in [1.29, 1.82) is 0 Å². The summed E-state index contributed by atoms with van der Waals surface area (Å²) in [5.41, 5.74) is 7.19. The Morgan fingerprint density at radius 3 is 3.00 bits per heavy atom. The van der Waals surface area contributed by atoms with E-state index in [1.807, 2.05) is 25.2 Å².